The lowest BCUT2D eigenvalue weighted by atomic mass is 9.77. The smallest absolute Gasteiger partial charge is 0.373 e. The molecule has 0 atom stereocenters. The number of ether oxygens (including phenoxy) is 1. The summed E-state index contributed by atoms with van der Waals surface area (Å²) in [6, 6.07) is 0. The van der Waals surface area contributed by atoms with E-state index in [1.54, 1.807) is 0 Å². The van der Waals surface area contributed by atoms with Crippen molar-refractivity contribution >= 4 is 5.97 Å². The van der Waals surface area contributed by atoms with Gasteiger partial charge in [0.2, 0.25) is 0 Å². The fraction of sp³-hybridized carbons (Fsp3) is 0.938. The maximum Gasteiger partial charge on any atom is 0.373 e. The third-order valence-electron chi connectivity index (χ3n) is 3.92. The molecule has 1 N–H and O–H groups in total. The van der Waals surface area contributed by atoms with E-state index in [1.807, 2.05) is 13.8 Å². The number of carbonyl (C=O) groups excluding carboxylic acids is 1. The molecule has 1 heterocycles. The number of esters is 1. The molecule has 0 bridgehead atoms. The van der Waals surface area contributed by atoms with E-state index in [1.165, 1.54) is 0 Å². The molecule has 0 radical (unpaired) electrons. The summed E-state index contributed by atoms with van der Waals surface area (Å²) in [5, 5.41) is 8.71. The minimum Gasteiger partial charge on any atom is -0.462 e. The number of aliphatic hydroxyl groups is 1. The maximum atomic E-state index is 12.2. The highest BCUT2D eigenvalue weighted by molar-refractivity contribution is 5.80. The van der Waals surface area contributed by atoms with Gasteiger partial charge in [-0.25, -0.2) is 4.79 Å². The second-order valence-corrected chi connectivity index (χ2v) is 7.65. The summed E-state index contributed by atoms with van der Waals surface area (Å²) in [6.45, 7) is 10.9. The third kappa shape index (κ3) is 5.24. The van der Waals surface area contributed by atoms with Gasteiger partial charge >= 0.3 is 11.8 Å². The molecule has 0 amide bonds. The van der Waals surface area contributed by atoms with Crippen LogP contribution >= 0.6 is 0 Å². The van der Waals surface area contributed by atoms with Crippen LogP contribution in [0.5, 0.6) is 0 Å². The van der Waals surface area contributed by atoms with Gasteiger partial charge in [0.25, 0.3) is 0 Å². The maximum absolute atomic E-state index is 12.2. The quantitative estimate of drug-likeness (QED) is 0.306. The van der Waals surface area contributed by atoms with Crippen LogP contribution in [-0.2, 0) is 19.3 Å². The van der Waals surface area contributed by atoms with Gasteiger partial charge in [0.05, 0.1) is 6.61 Å². The summed E-state index contributed by atoms with van der Waals surface area (Å²) in [4.78, 5) is 22.2. The third-order valence-corrected chi connectivity index (χ3v) is 3.92. The molecule has 124 valence electrons. The Balaban J connectivity index is 2.46. The van der Waals surface area contributed by atoms with Gasteiger partial charge in [-0.05, 0) is 31.1 Å². The summed E-state index contributed by atoms with van der Waals surface area (Å²) in [7, 11) is 0. The fourth-order valence-corrected chi connectivity index (χ4v) is 2.31. The molecule has 0 aromatic carbocycles. The number of hydrogen-bond acceptors (Lipinski definition) is 5. The zero-order valence-electron chi connectivity index (χ0n) is 14.0. The highest BCUT2D eigenvalue weighted by Gasteiger charge is 2.68. The summed E-state index contributed by atoms with van der Waals surface area (Å²) >= 11 is 0. The summed E-state index contributed by atoms with van der Waals surface area (Å²) in [5.41, 5.74) is -0.147. The molecule has 0 aromatic heterocycles. The van der Waals surface area contributed by atoms with Gasteiger partial charge in [-0.3, -0.25) is 0 Å². The van der Waals surface area contributed by atoms with E-state index in [9.17, 15) is 4.79 Å². The van der Waals surface area contributed by atoms with Gasteiger partial charge in [-0.1, -0.05) is 41.0 Å². The summed E-state index contributed by atoms with van der Waals surface area (Å²) < 4.78 is 5.20. The fourth-order valence-electron chi connectivity index (χ4n) is 2.31. The Kier molecular flexibility index (Phi) is 6.20. The standard InChI is InChI=1S/C16H30O5/c1-14(2,3)9-8-10-15(4,5)16(20-21-16)13(18)19-12-7-6-11-17/h17H,6-12H2,1-5H3. The Morgan fingerprint density at radius 3 is 2.14 bits per heavy atom. The largest absolute Gasteiger partial charge is 0.462 e. The first kappa shape index (κ1) is 18.4. The van der Waals surface area contributed by atoms with Crippen molar-refractivity contribution in [3.8, 4) is 0 Å². The first-order valence-electron chi connectivity index (χ1n) is 7.80. The van der Waals surface area contributed by atoms with Gasteiger partial charge in [-0.2, -0.15) is 9.78 Å². The summed E-state index contributed by atoms with van der Waals surface area (Å²) in [6.07, 6.45) is 4.18. The molecule has 5 nitrogen and oxygen atoms in total. The van der Waals surface area contributed by atoms with Gasteiger partial charge in [0.1, 0.15) is 0 Å². The Morgan fingerprint density at radius 1 is 1.05 bits per heavy atom. The molecule has 1 fully saturated rings. The zero-order chi connectivity index (χ0) is 16.1. The van der Waals surface area contributed by atoms with Crippen LogP contribution in [0, 0.1) is 10.8 Å². The molecular weight excluding hydrogens is 272 g/mol. The van der Waals surface area contributed by atoms with E-state index in [0.717, 1.165) is 19.3 Å². The van der Waals surface area contributed by atoms with E-state index >= 15 is 0 Å². The zero-order valence-corrected chi connectivity index (χ0v) is 14.0. The Hall–Kier alpha value is -0.650. The molecule has 0 saturated carbocycles. The highest BCUT2D eigenvalue weighted by atomic mass is 17.4. The molecule has 0 spiro atoms. The van der Waals surface area contributed by atoms with Crippen molar-refractivity contribution in [2.24, 2.45) is 10.8 Å². The SMILES string of the molecule is CC(C)(C)CCCC(C)(C)C1(C(=O)OCCCCO)OO1. The Bertz CT molecular complexity index is 339. The van der Waals surface area contributed by atoms with Crippen LogP contribution in [-0.4, -0.2) is 30.1 Å². The average Bonchev–Trinajstić information content (AvgIpc) is 3.14. The predicted molar refractivity (Wildman–Crippen MR) is 79.3 cm³/mol. The first-order valence-corrected chi connectivity index (χ1v) is 7.80. The number of aliphatic hydroxyl groups excluding tert-OH is 1. The van der Waals surface area contributed by atoms with E-state index < -0.39 is 17.2 Å². The molecule has 0 aliphatic carbocycles. The average molecular weight is 302 g/mol. The van der Waals surface area contributed by atoms with Crippen molar-refractivity contribution in [3.05, 3.63) is 0 Å². The van der Waals surface area contributed by atoms with Crippen LogP contribution in [0.4, 0.5) is 0 Å². The first-order chi connectivity index (χ1) is 9.65. The predicted octanol–water partition coefficient (Wildman–Crippen LogP) is 3.20. The van der Waals surface area contributed by atoms with Crippen LogP contribution in [0.2, 0.25) is 0 Å². The van der Waals surface area contributed by atoms with Crippen molar-refractivity contribution < 1.29 is 24.4 Å². The lowest BCUT2D eigenvalue weighted by Crippen LogP contribution is -2.41. The summed E-state index contributed by atoms with van der Waals surface area (Å²) in [5.74, 6) is -1.70. The van der Waals surface area contributed by atoms with Crippen LogP contribution in [0.25, 0.3) is 0 Å². The van der Waals surface area contributed by atoms with Crippen molar-refractivity contribution in [1.82, 2.24) is 0 Å². The molecule has 1 aliphatic rings. The van der Waals surface area contributed by atoms with E-state index in [2.05, 4.69) is 20.8 Å². The van der Waals surface area contributed by atoms with Crippen LogP contribution < -0.4 is 0 Å². The molecular formula is C16H30O5. The molecule has 0 unspecified atom stereocenters. The minimum atomic E-state index is -1.25. The van der Waals surface area contributed by atoms with Gasteiger partial charge in [0, 0.05) is 12.0 Å². The van der Waals surface area contributed by atoms with E-state index in [-0.39, 0.29) is 18.6 Å². The lowest BCUT2D eigenvalue weighted by molar-refractivity contribution is -0.157. The Labute approximate surface area is 127 Å². The molecule has 21 heavy (non-hydrogen) atoms. The van der Waals surface area contributed by atoms with Crippen molar-refractivity contribution in [1.29, 1.82) is 0 Å². The Morgan fingerprint density at radius 2 is 1.67 bits per heavy atom. The second kappa shape index (κ2) is 7.07. The van der Waals surface area contributed by atoms with E-state index in [0.29, 0.717) is 12.8 Å². The normalized spacial score (nSPS) is 17.6. The number of unbranched alkanes of at least 4 members (excludes halogenated alkanes) is 1. The highest BCUT2D eigenvalue weighted by Crippen LogP contribution is 2.50. The van der Waals surface area contributed by atoms with Gasteiger partial charge in [-0.15, -0.1) is 0 Å². The molecule has 0 aromatic rings. The number of hydrogen-bond donors (Lipinski definition) is 1. The molecule has 5 heteroatoms. The second-order valence-electron chi connectivity index (χ2n) is 7.65. The van der Waals surface area contributed by atoms with Crippen molar-refractivity contribution in [2.75, 3.05) is 13.2 Å². The van der Waals surface area contributed by atoms with Crippen molar-refractivity contribution in [3.63, 3.8) is 0 Å². The van der Waals surface area contributed by atoms with Gasteiger partial charge < -0.3 is 9.84 Å². The molecule has 1 aliphatic heterocycles. The number of carbonyl (C=O) groups is 1. The lowest BCUT2D eigenvalue weighted by Gasteiger charge is -2.28. The number of rotatable bonds is 9. The van der Waals surface area contributed by atoms with Crippen LogP contribution in [0.1, 0.15) is 66.7 Å². The van der Waals surface area contributed by atoms with E-state index in [4.69, 9.17) is 19.6 Å². The van der Waals surface area contributed by atoms with Crippen molar-refractivity contribution in [2.45, 2.75) is 72.5 Å². The molecule has 1 saturated heterocycles. The van der Waals surface area contributed by atoms with Gasteiger partial charge in [0.15, 0.2) is 0 Å². The van der Waals surface area contributed by atoms with Crippen LogP contribution in [0.3, 0.4) is 0 Å². The topological polar surface area (TPSA) is 71.6 Å². The molecule has 1 rings (SSSR count). The monoisotopic (exact) mass is 302 g/mol. The van der Waals surface area contributed by atoms with Crippen LogP contribution in [0.15, 0.2) is 0 Å². The minimum absolute atomic E-state index is 0.105.